The fourth-order valence-corrected chi connectivity index (χ4v) is 1.52. The number of nitrogens with zero attached hydrogens (tertiary/aromatic N) is 1. The molecule has 3 heteroatoms. The van der Waals surface area contributed by atoms with Crippen LogP contribution >= 0.6 is 0 Å². The predicted octanol–water partition coefficient (Wildman–Crippen LogP) is 3.09. The maximum Gasteiger partial charge on any atom is 0.182 e. The molecular weight excluding hydrogens is 178 g/mol. The van der Waals surface area contributed by atoms with Gasteiger partial charge in [0.05, 0.1) is 6.26 Å². The lowest BCUT2D eigenvalue weighted by molar-refractivity contribution is 0.582. The zero-order valence-electron chi connectivity index (χ0n) is 7.31. The molecule has 3 aromatic rings. The van der Waals surface area contributed by atoms with Crippen LogP contribution in [0.3, 0.4) is 0 Å². The van der Waals surface area contributed by atoms with E-state index in [2.05, 4.69) is 4.98 Å². The summed E-state index contributed by atoms with van der Waals surface area (Å²) in [6.45, 7) is 0. The average molecular weight is 185 g/mol. The number of para-hydroxylation sites is 1. The van der Waals surface area contributed by atoms with Gasteiger partial charge in [-0.1, -0.05) is 6.07 Å². The summed E-state index contributed by atoms with van der Waals surface area (Å²) >= 11 is 0. The van der Waals surface area contributed by atoms with Crippen LogP contribution in [0.1, 0.15) is 0 Å². The molecule has 0 N–H and O–H groups in total. The van der Waals surface area contributed by atoms with E-state index in [1.165, 1.54) is 6.39 Å². The Bertz CT molecular complexity index is 551. The second kappa shape index (κ2) is 2.73. The van der Waals surface area contributed by atoms with Gasteiger partial charge in [0.15, 0.2) is 12.0 Å². The van der Waals surface area contributed by atoms with Crippen molar-refractivity contribution in [3.05, 3.63) is 43.0 Å². The van der Waals surface area contributed by atoms with Crippen molar-refractivity contribution >= 4 is 11.1 Å². The Morgan fingerprint density at radius 2 is 2.00 bits per heavy atom. The number of fused-ring (bicyclic) bond motifs is 1. The molecule has 0 aliphatic carbocycles. The Labute approximate surface area is 80.0 Å². The monoisotopic (exact) mass is 185 g/mol. The van der Waals surface area contributed by atoms with Crippen LogP contribution < -0.4 is 0 Å². The van der Waals surface area contributed by atoms with Crippen molar-refractivity contribution in [2.45, 2.75) is 0 Å². The van der Waals surface area contributed by atoms with Gasteiger partial charge in [-0.3, -0.25) is 0 Å². The van der Waals surface area contributed by atoms with E-state index in [0.717, 1.165) is 22.4 Å². The molecular formula is C11H7NO2. The van der Waals surface area contributed by atoms with Crippen molar-refractivity contribution in [3.8, 4) is 11.3 Å². The van der Waals surface area contributed by atoms with Crippen LogP contribution in [0.4, 0.5) is 0 Å². The van der Waals surface area contributed by atoms with E-state index in [1.54, 1.807) is 6.26 Å². The van der Waals surface area contributed by atoms with Crippen LogP contribution in [0.2, 0.25) is 0 Å². The van der Waals surface area contributed by atoms with Crippen molar-refractivity contribution < 1.29 is 8.83 Å². The topological polar surface area (TPSA) is 39.2 Å². The first-order valence-corrected chi connectivity index (χ1v) is 4.31. The minimum atomic E-state index is 0.777. The number of oxazole rings is 1. The van der Waals surface area contributed by atoms with E-state index in [-0.39, 0.29) is 0 Å². The fourth-order valence-electron chi connectivity index (χ4n) is 1.52. The Balaban J connectivity index is 2.36. The molecule has 2 heterocycles. The van der Waals surface area contributed by atoms with Crippen LogP contribution in [0.25, 0.3) is 22.4 Å². The Morgan fingerprint density at radius 3 is 2.86 bits per heavy atom. The number of furan rings is 1. The van der Waals surface area contributed by atoms with Gasteiger partial charge in [0.25, 0.3) is 0 Å². The molecule has 14 heavy (non-hydrogen) atoms. The molecule has 3 nitrogen and oxygen atoms in total. The van der Waals surface area contributed by atoms with Gasteiger partial charge >= 0.3 is 0 Å². The standard InChI is InChI=1S/C11H7NO2/c1-3-8(9-5-2-6-13-9)11-10(4-1)14-7-12-11/h1-7H. The number of rotatable bonds is 1. The van der Waals surface area contributed by atoms with E-state index in [9.17, 15) is 0 Å². The highest BCUT2D eigenvalue weighted by Crippen LogP contribution is 2.27. The van der Waals surface area contributed by atoms with Gasteiger partial charge in [-0.2, -0.15) is 0 Å². The van der Waals surface area contributed by atoms with Crippen LogP contribution in [0.15, 0.2) is 51.8 Å². The summed E-state index contributed by atoms with van der Waals surface area (Å²) in [5.74, 6) is 0.810. The van der Waals surface area contributed by atoms with E-state index >= 15 is 0 Å². The quantitative estimate of drug-likeness (QED) is 0.584. The lowest BCUT2D eigenvalue weighted by Gasteiger charge is -1.95. The lowest BCUT2D eigenvalue weighted by atomic mass is 10.1. The van der Waals surface area contributed by atoms with Gasteiger partial charge in [-0.15, -0.1) is 0 Å². The predicted molar refractivity (Wildman–Crippen MR) is 51.7 cm³/mol. The van der Waals surface area contributed by atoms with E-state index in [4.69, 9.17) is 8.83 Å². The third-order valence-corrected chi connectivity index (χ3v) is 2.15. The highest BCUT2D eigenvalue weighted by atomic mass is 16.3. The Hall–Kier alpha value is -2.03. The molecule has 0 amide bonds. The second-order valence-electron chi connectivity index (χ2n) is 2.98. The molecule has 0 bridgehead atoms. The largest absolute Gasteiger partial charge is 0.464 e. The maximum atomic E-state index is 5.32. The van der Waals surface area contributed by atoms with Crippen molar-refractivity contribution in [1.29, 1.82) is 0 Å². The van der Waals surface area contributed by atoms with Crippen molar-refractivity contribution in [3.63, 3.8) is 0 Å². The highest BCUT2D eigenvalue weighted by Gasteiger charge is 2.08. The zero-order valence-corrected chi connectivity index (χ0v) is 7.31. The second-order valence-corrected chi connectivity index (χ2v) is 2.98. The van der Waals surface area contributed by atoms with Gasteiger partial charge in [-0.05, 0) is 24.3 Å². The van der Waals surface area contributed by atoms with Crippen molar-refractivity contribution in [2.75, 3.05) is 0 Å². The number of benzene rings is 1. The third-order valence-electron chi connectivity index (χ3n) is 2.15. The molecule has 3 rings (SSSR count). The molecule has 0 saturated carbocycles. The van der Waals surface area contributed by atoms with Crippen LogP contribution in [0.5, 0.6) is 0 Å². The van der Waals surface area contributed by atoms with Gasteiger partial charge in [0.2, 0.25) is 0 Å². The summed E-state index contributed by atoms with van der Waals surface area (Å²) in [7, 11) is 0. The first-order valence-electron chi connectivity index (χ1n) is 4.31. The molecule has 1 aromatic carbocycles. The number of hydrogen-bond acceptors (Lipinski definition) is 3. The van der Waals surface area contributed by atoms with Gasteiger partial charge in [0, 0.05) is 5.56 Å². The number of hydrogen-bond donors (Lipinski definition) is 0. The van der Waals surface area contributed by atoms with Crippen LogP contribution in [-0.2, 0) is 0 Å². The minimum absolute atomic E-state index is 0.777. The molecule has 0 radical (unpaired) electrons. The third kappa shape index (κ3) is 0.956. The zero-order chi connectivity index (χ0) is 9.38. The highest BCUT2D eigenvalue weighted by molar-refractivity contribution is 5.88. The average Bonchev–Trinajstić information content (AvgIpc) is 2.88. The summed E-state index contributed by atoms with van der Waals surface area (Å²) in [4.78, 5) is 4.15. The number of aromatic nitrogens is 1. The summed E-state index contributed by atoms with van der Waals surface area (Å²) in [5.41, 5.74) is 2.57. The summed E-state index contributed by atoms with van der Waals surface area (Å²) in [6, 6.07) is 9.53. The van der Waals surface area contributed by atoms with Gasteiger partial charge in [-0.25, -0.2) is 4.98 Å². The molecule has 0 atom stereocenters. The Morgan fingerprint density at radius 1 is 1.00 bits per heavy atom. The van der Waals surface area contributed by atoms with E-state index in [0.29, 0.717) is 0 Å². The first kappa shape index (κ1) is 7.38. The van der Waals surface area contributed by atoms with Gasteiger partial charge in [0.1, 0.15) is 11.3 Å². The molecule has 0 aliphatic rings. The minimum Gasteiger partial charge on any atom is -0.464 e. The first-order chi connectivity index (χ1) is 6.95. The molecule has 0 aliphatic heterocycles. The molecule has 0 spiro atoms. The fraction of sp³-hybridized carbons (Fsp3) is 0. The van der Waals surface area contributed by atoms with Crippen molar-refractivity contribution in [2.24, 2.45) is 0 Å². The van der Waals surface area contributed by atoms with E-state index < -0.39 is 0 Å². The molecule has 0 unspecified atom stereocenters. The Kier molecular flexibility index (Phi) is 1.44. The molecule has 0 fully saturated rings. The summed E-state index contributed by atoms with van der Waals surface area (Å²) in [5, 5.41) is 0. The lowest BCUT2D eigenvalue weighted by Crippen LogP contribution is -1.76. The normalized spacial score (nSPS) is 10.9. The molecule has 68 valence electrons. The van der Waals surface area contributed by atoms with Crippen LogP contribution in [-0.4, -0.2) is 4.98 Å². The van der Waals surface area contributed by atoms with Gasteiger partial charge < -0.3 is 8.83 Å². The molecule has 0 saturated heterocycles. The summed E-state index contributed by atoms with van der Waals surface area (Å²) < 4.78 is 10.5. The SMILES string of the molecule is c1coc(-c2cccc3ocnc23)c1. The summed E-state index contributed by atoms with van der Waals surface area (Å²) in [6.07, 6.45) is 3.09. The van der Waals surface area contributed by atoms with Crippen LogP contribution in [0, 0.1) is 0 Å². The maximum absolute atomic E-state index is 5.32. The molecule has 2 aromatic heterocycles. The smallest absolute Gasteiger partial charge is 0.182 e. The van der Waals surface area contributed by atoms with Crippen molar-refractivity contribution in [1.82, 2.24) is 4.98 Å². The van der Waals surface area contributed by atoms with E-state index in [1.807, 2.05) is 30.3 Å².